The van der Waals surface area contributed by atoms with Gasteiger partial charge in [0.2, 0.25) is 5.88 Å². The van der Waals surface area contributed by atoms with Crippen molar-refractivity contribution in [1.82, 2.24) is 9.78 Å². The van der Waals surface area contributed by atoms with Crippen LogP contribution in [0.5, 0.6) is 5.88 Å². The lowest BCUT2D eigenvalue weighted by Crippen LogP contribution is -2.06. The molecule has 0 aliphatic heterocycles. The van der Waals surface area contributed by atoms with Gasteiger partial charge in [0.05, 0.1) is 19.9 Å². The van der Waals surface area contributed by atoms with Crippen LogP contribution in [0, 0.1) is 5.82 Å². The van der Waals surface area contributed by atoms with E-state index in [2.05, 4.69) is 5.10 Å². The van der Waals surface area contributed by atoms with Gasteiger partial charge in [0.25, 0.3) is 0 Å². The summed E-state index contributed by atoms with van der Waals surface area (Å²) >= 11 is 0. The number of nitrogens with two attached hydrogens (primary N) is 1. The lowest BCUT2D eigenvalue weighted by Gasteiger charge is -2.08. The average Bonchev–Trinajstić information content (AvgIpc) is 2.81. The van der Waals surface area contributed by atoms with Crippen LogP contribution in [0.3, 0.4) is 0 Å². The Balaban J connectivity index is 2.21. The van der Waals surface area contributed by atoms with Crippen molar-refractivity contribution in [2.45, 2.75) is 19.4 Å². The van der Waals surface area contributed by atoms with Crippen LogP contribution in [0.25, 0.3) is 0 Å². The van der Waals surface area contributed by atoms with E-state index in [1.165, 1.54) is 6.07 Å². The SMILES string of the molecule is COc1c(CCCN)cnn1Cc1ccccc1F. The Labute approximate surface area is 112 Å². The summed E-state index contributed by atoms with van der Waals surface area (Å²) in [6.45, 7) is 0.986. The van der Waals surface area contributed by atoms with Crippen molar-refractivity contribution in [2.75, 3.05) is 13.7 Å². The van der Waals surface area contributed by atoms with E-state index >= 15 is 0 Å². The smallest absolute Gasteiger partial charge is 0.215 e. The molecule has 0 fully saturated rings. The van der Waals surface area contributed by atoms with Gasteiger partial charge < -0.3 is 10.5 Å². The first-order valence-corrected chi connectivity index (χ1v) is 6.28. The van der Waals surface area contributed by atoms with E-state index in [1.54, 1.807) is 30.1 Å². The minimum atomic E-state index is -0.233. The summed E-state index contributed by atoms with van der Waals surface area (Å²) in [7, 11) is 1.60. The first-order valence-electron chi connectivity index (χ1n) is 6.28. The van der Waals surface area contributed by atoms with Gasteiger partial charge in [-0.15, -0.1) is 0 Å². The molecule has 1 aromatic carbocycles. The third-order valence-electron chi connectivity index (χ3n) is 2.98. The highest BCUT2D eigenvalue weighted by molar-refractivity contribution is 5.26. The molecule has 2 aromatic rings. The summed E-state index contributed by atoms with van der Waals surface area (Å²) in [4.78, 5) is 0. The lowest BCUT2D eigenvalue weighted by atomic mass is 10.2. The number of nitrogens with zero attached hydrogens (tertiary/aromatic N) is 2. The van der Waals surface area contributed by atoms with Gasteiger partial charge in [-0.1, -0.05) is 18.2 Å². The molecule has 2 N–H and O–H groups in total. The zero-order valence-electron chi connectivity index (χ0n) is 11.0. The molecule has 19 heavy (non-hydrogen) atoms. The molecule has 0 atom stereocenters. The van der Waals surface area contributed by atoms with Crippen LogP contribution >= 0.6 is 0 Å². The third kappa shape index (κ3) is 3.12. The summed E-state index contributed by atoms with van der Waals surface area (Å²) < 4.78 is 20.7. The Morgan fingerprint density at radius 3 is 2.79 bits per heavy atom. The molecular weight excluding hydrogens is 245 g/mol. The second kappa shape index (κ2) is 6.33. The Kier molecular flexibility index (Phi) is 4.52. The second-order valence-electron chi connectivity index (χ2n) is 4.32. The lowest BCUT2D eigenvalue weighted by molar-refractivity contribution is 0.361. The van der Waals surface area contributed by atoms with Gasteiger partial charge in [-0.25, -0.2) is 9.07 Å². The van der Waals surface area contributed by atoms with Gasteiger partial charge in [0.15, 0.2) is 0 Å². The third-order valence-corrected chi connectivity index (χ3v) is 2.98. The fraction of sp³-hybridized carbons (Fsp3) is 0.357. The van der Waals surface area contributed by atoms with Crippen molar-refractivity contribution in [3.63, 3.8) is 0 Å². The number of rotatable bonds is 6. The normalized spacial score (nSPS) is 10.7. The molecule has 4 nitrogen and oxygen atoms in total. The maximum Gasteiger partial charge on any atom is 0.215 e. The van der Waals surface area contributed by atoms with Crippen molar-refractivity contribution in [3.8, 4) is 5.88 Å². The topological polar surface area (TPSA) is 53.1 Å². The fourth-order valence-corrected chi connectivity index (χ4v) is 2.01. The Morgan fingerprint density at radius 2 is 2.11 bits per heavy atom. The second-order valence-corrected chi connectivity index (χ2v) is 4.32. The van der Waals surface area contributed by atoms with Gasteiger partial charge in [0, 0.05) is 11.1 Å². The summed E-state index contributed by atoms with van der Waals surface area (Å²) in [6, 6.07) is 6.67. The number of aromatic nitrogens is 2. The number of halogens is 1. The standard InChI is InChI=1S/C14H18FN3O/c1-19-14-11(6-4-8-16)9-17-18(14)10-12-5-2-3-7-13(12)15/h2-3,5,7,9H,4,6,8,10,16H2,1H3. The first-order chi connectivity index (χ1) is 9.26. The molecule has 0 radical (unpaired) electrons. The Morgan fingerprint density at radius 1 is 1.32 bits per heavy atom. The van der Waals surface area contributed by atoms with E-state index in [0.29, 0.717) is 24.5 Å². The Hall–Kier alpha value is -1.88. The van der Waals surface area contributed by atoms with E-state index in [-0.39, 0.29) is 5.82 Å². The molecule has 0 spiro atoms. The van der Waals surface area contributed by atoms with Crippen LogP contribution in [-0.4, -0.2) is 23.4 Å². The molecular formula is C14H18FN3O. The van der Waals surface area contributed by atoms with E-state index in [4.69, 9.17) is 10.5 Å². The molecule has 1 heterocycles. The van der Waals surface area contributed by atoms with E-state index in [0.717, 1.165) is 18.4 Å². The summed E-state index contributed by atoms with van der Waals surface area (Å²) in [5, 5.41) is 4.26. The monoisotopic (exact) mass is 263 g/mol. The van der Waals surface area contributed by atoms with Crippen LogP contribution in [0.2, 0.25) is 0 Å². The molecule has 0 amide bonds. The number of ether oxygens (including phenoxy) is 1. The summed E-state index contributed by atoms with van der Waals surface area (Å²) in [6.07, 6.45) is 3.45. The van der Waals surface area contributed by atoms with Crippen molar-refractivity contribution >= 4 is 0 Å². The van der Waals surface area contributed by atoms with Gasteiger partial charge >= 0.3 is 0 Å². The van der Waals surface area contributed by atoms with Gasteiger partial charge in [0.1, 0.15) is 5.82 Å². The zero-order chi connectivity index (χ0) is 13.7. The number of hydrogen-bond donors (Lipinski definition) is 1. The molecule has 0 saturated heterocycles. The quantitative estimate of drug-likeness (QED) is 0.867. The van der Waals surface area contributed by atoms with Gasteiger partial charge in [-0.05, 0) is 25.5 Å². The van der Waals surface area contributed by atoms with Crippen molar-refractivity contribution in [1.29, 1.82) is 0 Å². The number of aryl methyl sites for hydroxylation is 1. The highest BCUT2D eigenvalue weighted by Crippen LogP contribution is 2.21. The number of methoxy groups -OCH3 is 1. The zero-order valence-corrected chi connectivity index (χ0v) is 11.0. The summed E-state index contributed by atoms with van der Waals surface area (Å²) in [5.74, 6) is 0.445. The van der Waals surface area contributed by atoms with Gasteiger partial charge in [-0.2, -0.15) is 5.10 Å². The molecule has 0 bridgehead atoms. The van der Waals surface area contributed by atoms with Crippen LogP contribution < -0.4 is 10.5 Å². The molecule has 2 rings (SSSR count). The highest BCUT2D eigenvalue weighted by Gasteiger charge is 2.12. The predicted octanol–water partition coefficient (Wildman–Crippen LogP) is 1.97. The minimum absolute atomic E-state index is 0.233. The first kappa shape index (κ1) is 13.5. The van der Waals surface area contributed by atoms with Crippen molar-refractivity contribution in [2.24, 2.45) is 5.73 Å². The van der Waals surface area contributed by atoms with E-state index < -0.39 is 0 Å². The molecule has 0 aliphatic carbocycles. The number of hydrogen-bond acceptors (Lipinski definition) is 3. The van der Waals surface area contributed by atoms with Crippen molar-refractivity contribution in [3.05, 3.63) is 47.4 Å². The Bertz CT molecular complexity index is 539. The summed E-state index contributed by atoms with van der Waals surface area (Å²) in [5.41, 5.74) is 7.10. The fourth-order valence-electron chi connectivity index (χ4n) is 2.01. The predicted molar refractivity (Wildman–Crippen MR) is 71.7 cm³/mol. The average molecular weight is 263 g/mol. The molecule has 0 aliphatic rings. The van der Waals surface area contributed by atoms with Crippen molar-refractivity contribution < 1.29 is 9.13 Å². The number of benzene rings is 1. The van der Waals surface area contributed by atoms with E-state index in [1.807, 2.05) is 6.07 Å². The maximum absolute atomic E-state index is 13.6. The molecule has 0 saturated carbocycles. The maximum atomic E-state index is 13.6. The largest absolute Gasteiger partial charge is 0.481 e. The molecule has 1 aromatic heterocycles. The van der Waals surface area contributed by atoms with Crippen LogP contribution in [0.4, 0.5) is 4.39 Å². The molecule has 102 valence electrons. The van der Waals surface area contributed by atoms with Crippen LogP contribution in [0.1, 0.15) is 17.5 Å². The highest BCUT2D eigenvalue weighted by atomic mass is 19.1. The molecule has 0 unspecified atom stereocenters. The van der Waals surface area contributed by atoms with Crippen LogP contribution in [0.15, 0.2) is 30.5 Å². The molecule has 5 heteroatoms. The minimum Gasteiger partial charge on any atom is -0.481 e. The van der Waals surface area contributed by atoms with Crippen LogP contribution in [-0.2, 0) is 13.0 Å². The van der Waals surface area contributed by atoms with E-state index in [9.17, 15) is 4.39 Å². The van der Waals surface area contributed by atoms with Gasteiger partial charge in [-0.3, -0.25) is 0 Å².